The van der Waals surface area contributed by atoms with Gasteiger partial charge in [-0.15, -0.1) is 12.4 Å². The van der Waals surface area contributed by atoms with Gasteiger partial charge in [0.1, 0.15) is 17.6 Å². The molecule has 0 spiro atoms. The molecule has 1 heterocycles. The molecule has 0 saturated heterocycles. The maximum Gasteiger partial charge on any atom is 0.317 e. The highest BCUT2D eigenvalue weighted by Gasteiger charge is 2.55. The van der Waals surface area contributed by atoms with Crippen molar-refractivity contribution in [2.24, 2.45) is 7.05 Å². The Bertz CT molecular complexity index is 332. The van der Waals surface area contributed by atoms with Gasteiger partial charge in [-0.05, 0) is 12.8 Å². The van der Waals surface area contributed by atoms with E-state index in [9.17, 15) is 4.79 Å². The van der Waals surface area contributed by atoms with Crippen LogP contribution in [0.15, 0.2) is 6.33 Å². The number of aliphatic carboxylic acids is 1. The molecule has 0 aliphatic heterocycles. The molecule has 72 valence electrons. The topological polar surface area (TPSA) is 68.0 Å². The smallest absolute Gasteiger partial charge is 0.317 e. The first-order valence-electron chi connectivity index (χ1n) is 3.75. The maximum atomic E-state index is 10.9. The van der Waals surface area contributed by atoms with Crippen LogP contribution in [-0.2, 0) is 17.3 Å². The highest BCUT2D eigenvalue weighted by molar-refractivity contribution is 5.85. The van der Waals surface area contributed by atoms with E-state index in [1.165, 1.54) is 11.0 Å². The Morgan fingerprint density at radius 3 is 2.62 bits per heavy atom. The Hall–Kier alpha value is -1.10. The fourth-order valence-corrected chi connectivity index (χ4v) is 1.39. The van der Waals surface area contributed by atoms with Crippen LogP contribution in [0.25, 0.3) is 0 Å². The number of rotatable bonds is 2. The molecule has 0 aromatic carbocycles. The second kappa shape index (κ2) is 2.99. The summed E-state index contributed by atoms with van der Waals surface area (Å²) in [5.41, 5.74) is -0.731. The first kappa shape index (κ1) is 9.98. The van der Waals surface area contributed by atoms with Crippen molar-refractivity contribution in [1.82, 2.24) is 14.8 Å². The normalized spacial score (nSPS) is 17.6. The summed E-state index contributed by atoms with van der Waals surface area (Å²) in [6.07, 6.45) is 2.74. The van der Waals surface area contributed by atoms with E-state index >= 15 is 0 Å². The fourth-order valence-electron chi connectivity index (χ4n) is 1.39. The molecule has 0 bridgehead atoms. The van der Waals surface area contributed by atoms with E-state index in [0.717, 1.165) is 0 Å². The van der Waals surface area contributed by atoms with Gasteiger partial charge in [-0.2, -0.15) is 5.10 Å². The minimum atomic E-state index is -0.793. The van der Waals surface area contributed by atoms with E-state index < -0.39 is 11.4 Å². The molecule has 1 aliphatic rings. The van der Waals surface area contributed by atoms with E-state index in [-0.39, 0.29) is 12.4 Å². The van der Waals surface area contributed by atoms with Crippen molar-refractivity contribution in [1.29, 1.82) is 0 Å². The van der Waals surface area contributed by atoms with Gasteiger partial charge in [0.25, 0.3) is 0 Å². The SMILES string of the molecule is Cl.Cn1ncnc1C1(C(=O)O)CC1. The van der Waals surface area contributed by atoms with Crippen LogP contribution < -0.4 is 0 Å². The average molecular weight is 204 g/mol. The lowest BCUT2D eigenvalue weighted by Crippen LogP contribution is -2.23. The minimum Gasteiger partial charge on any atom is -0.480 e. The fraction of sp³-hybridized carbons (Fsp3) is 0.571. The molecule has 13 heavy (non-hydrogen) atoms. The minimum absolute atomic E-state index is 0. The van der Waals surface area contributed by atoms with Crippen molar-refractivity contribution in [2.75, 3.05) is 0 Å². The Balaban J connectivity index is 0.000000845. The molecule has 1 fully saturated rings. The standard InChI is InChI=1S/C7H9N3O2.ClH/c1-10-5(8-4-9-10)7(2-3-7)6(11)12;/h4H,2-3H2,1H3,(H,11,12);1H. The number of nitrogens with zero attached hydrogens (tertiary/aromatic N) is 3. The van der Waals surface area contributed by atoms with Crippen molar-refractivity contribution in [3.63, 3.8) is 0 Å². The molecule has 0 radical (unpaired) electrons. The number of aromatic nitrogens is 3. The molecule has 6 heteroatoms. The lowest BCUT2D eigenvalue weighted by molar-refractivity contribution is -0.140. The highest BCUT2D eigenvalue weighted by Crippen LogP contribution is 2.47. The number of carboxylic acid groups (broad SMARTS) is 1. The zero-order chi connectivity index (χ0) is 8.77. The molecule has 1 saturated carbocycles. The third-order valence-corrected chi connectivity index (χ3v) is 2.30. The summed E-state index contributed by atoms with van der Waals surface area (Å²) in [5, 5.41) is 12.8. The van der Waals surface area contributed by atoms with Gasteiger partial charge in [-0.25, -0.2) is 4.98 Å². The molecule has 0 unspecified atom stereocenters. The number of aryl methyl sites for hydroxylation is 1. The van der Waals surface area contributed by atoms with Gasteiger partial charge in [-0.1, -0.05) is 0 Å². The first-order chi connectivity index (χ1) is 5.67. The van der Waals surface area contributed by atoms with Gasteiger partial charge >= 0.3 is 5.97 Å². The molecule has 0 atom stereocenters. The summed E-state index contributed by atoms with van der Waals surface area (Å²) < 4.78 is 1.53. The van der Waals surface area contributed by atoms with Gasteiger partial charge in [-0.3, -0.25) is 9.48 Å². The summed E-state index contributed by atoms with van der Waals surface area (Å²) in [4.78, 5) is 14.8. The lowest BCUT2D eigenvalue weighted by Gasteiger charge is -2.06. The predicted molar refractivity (Wildman–Crippen MR) is 46.8 cm³/mol. The molecule has 1 aliphatic carbocycles. The largest absolute Gasteiger partial charge is 0.480 e. The summed E-state index contributed by atoms with van der Waals surface area (Å²) in [7, 11) is 1.71. The van der Waals surface area contributed by atoms with Crippen LogP contribution in [0, 0.1) is 0 Å². The summed E-state index contributed by atoms with van der Waals surface area (Å²) in [6, 6.07) is 0. The Labute approximate surface area is 81.2 Å². The quantitative estimate of drug-likeness (QED) is 0.753. The zero-order valence-corrected chi connectivity index (χ0v) is 7.91. The van der Waals surface area contributed by atoms with Crippen LogP contribution in [0.3, 0.4) is 0 Å². The lowest BCUT2D eigenvalue weighted by atomic mass is 10.1. The number of carbonyl (C=O) groups is 1. The Kier molecular flexibility index (Phi) is 2.30. The van der Waals surface area contributed by atoms with E-state index in [2.05, 4.69) is 10.1 Å². The van der Waals surface area contributed by atoms with Crippen LogP contribution in [0.4, 0.5) is 0 Å². The van der Waals surface area contributed by atoms with Crippen molar-refractivity contribution in [3.05, 3.63) is 12.2 Å². The van der Waals surface area contributed by atoms with E-state index in [1.807, 2.05) is 0 Å². The number of hydrogen-bond donors (Lipinski definition) is 1. The van der Waals surface area contributed by atoms with Crippen LogP contribution in [-0.4, -0.2) is 25.8 Å². The van der Waals surface area contributed by atoms with Gasteiger partial charge in [0, 0.05) is 7.05 Å². The van der Waals surface area contributed by atoms with Gasteiger partial charge in [0.15, 0.2) is 0 Å². The van der Waals surface area contributed by atoms with Crippen LogP contribution in [0.5, 0.6) is 0 Å². The third kappa shape index (κ3) is 1.29. The van der Waals surface area contributed by atoms with Gasteiger partial charge in [0.05, 0.1) is 0 Å². The third-order valence-electron chi connectivity index (χ3n) is 2.30. The molecule has 0 amide bonds. The maximum absolute atomic E-state index is 10.9. The molecular weight excluding hydrogens is 194 g/mol. The van der Waals surface area contributed by atoms with Crippen molar-refractivity contribution >= 4 is 18.4 Å². The monoisotopic (exact) mass is 203 g/mol. The molecule has 5 nitrogen and oxygen atoms in total. The van der Waals surface area contributed by atoms with Gasteiger partial charge < -0.3 is 5.11 Å². The van der Waals surface area contributed by atoms with E-state index in [0.29, 0.717) is 18.7 Å². The Morgan fingerprint density at radius 1 is 1.69 bits per heavy atom. The molecule has 2 rings (SSSR count). The van der Waals surface area contributed by atoms with Crippen molar-refractivity contribution in [2.45, 2.75) is 18.3 Å². The Morgan fingerprint density at radius 2 is 2.31 bits per heavy atom. The molecular formula is C7H10ClN3O2. The van der Waals surface area contributed by atoms with E-state index in [1.54, 1.807) is 7.05 Å². The van der Waals surface area contributed by atoms with Crippen LogP contribution >= 0.6 is 12.4 Å². The predicted octanol–water partition coefficient (Wildman–Crippen LogP) is 0.353. The van der Waals surface area contributed by atoms with Gasteiger partial charge in [0.2, 0.25) is 0 Å². The molecule has 1 aromatic heterocycles. The average Bonchev–Trinajstić information content (AvgIpc) is 2.71. The second-order valence-electron chi connectivity index (χ2n) is 3.09. The highest BCUT2D eigenvalue weighted by atomic mass is 35.5. The number of carboxylic acids is 1. The molecule has 1 N–H and O–H groups in total. The second-order valence-corrected chi connectivity index (χ2v) is 3.09. The first-order valence-corrected chi connectivity index (χ1v) is 3.75. The summed E-state index contributed by atoms with van der Waals surface area (Å²) >= 11 is 0. The number of halogens is 1. The van der Waals surface area contributed by atoms with Crippen molar-refractivity contribution < 1.29 is 9.90 Å². The van der Waals surface area contributed by atoms with Crippen LogP contribution in [0.1, 0.15) is 18.7 Å². The number of hydrogen-bond acceptors (Lipinski definition) is 3. The molecule has 1 aromatic rings. The summed E-state index contributed by atoms with van der Waals surface area (Å²) in [5.74, 6) is -0.228. The van der Waals surface area contributed by atoms with E-state index in [4.69, 9.17) is 5.11 Å². The van der Waals surface area contributed by atoms with Crippen molar-refractivity contribution in [3.8, 4) is 0 Å². The summed E-state index contributed by atoms with van der Waals surface area (Å²) in [6.45, 7) is 0. The van der Waals surface area contributed by atoms with Crippen LogP contribution in [0.2, 0.25) is 0 Å². The zero-order valence-electron chi connectivity index (χ0n) is 7.10.